The molecule has 3 nitrogen and oxygen atoms in total. The standard InChI is InChI=1S/C21H29F2NO2/c1-15-5-7-16(8-6-15)17-13-20(9-10-21(22,23)14-20)11-12-24(17)18(25)26-19(2,3)4/h5-8,17H,9-14H2,1-4H3/t17-,20?/m0/s1. The highest BCUT2D eigenvalue weighted by Crippen LogP contribution is 2.56. The van der Waals surface area contributed by atoms with Crippen molar-refractivity contribution in [2.24, 2.45) is 5.41 Å². The van der Waals surface area contributed by atoms with Gasteiger partial charge in [-0.2, -0.15) is 0 Å². The third-order valence-corrected chi connectivity index (χ3v) is 5.63. The summed E-state index contributed by atoms with van der Waals surface area (Å²) in [6.07, 6.45) is 1.26. The Morgan fingerprint density at radius 3 is 2.35 bits per heavy atom. The minimum atomic E-state index is -2.58. The third-order valence-electron chi connectivity index (χ3n) is 5.63. The number of hydrogen-bond acceptors (Lipinski definition) is 2. The Labute approximate surface area is 154 Å². The van der Waals surface area contributed by atoms with Crippen LogP contribution >= 0.6 is 0 Å². The van der Waals surface area contributed by atoms with Crippen LogP contribution in [0.2, 0.25) is 0 Å². The lowest BCUT2D eigenvalue weighted by Gasteiger charge is -2.45. The van der Waals surface area contributed by atoms with E-state index < -0.39 is 11.5 Å². The Hall–Kier alpha value is -1.65. The molecule has 1 amide bonds. The fourth-order valence-corrected chi connectivity index (χ4v) is 4.32. The molecular formula is C21H29F2NO2. The van der Waals surface area contributed by atoms with Crippen LogP contribution in [0.4, 0.5) is 13.6 Å². The molecule has 1 unspecified atom stereocenters. The summed E-state index contributed by atoms with van der Waals surface area (Å²) in [4.78, 5) is 14.5. The Bertz CT molecular complexity index is 666. The van der Waals surface area contributed by atoms with Crippen LogP contribution in [0.25, 0.3) is 0 Å². The minimum absolute atomic E-state index is 0.0416. The summed E-state index contributed by atoms with van der Waals surface area (Å²) in [6.45, 7) is 8.00. The number of benzene rings is 1. The van der Waals surface area contributed by atoms with Gasteiger partial charge < -0.3 is 9.64 Å². The van der Waals surface area contributed by atoms with Gasteiger partial charge in [-0.05, 0) is 57.9 Å². The molecule has 1 aliphatic heterocycles. The molecule has 1 aromatic carbocycles. The lowest BCUT2D eigenvalue weighted by molar-refractivity contribution is -0.0304. The van der Waals surface area contributed by atoms with E-state index in [4.69, 9.17) is 4.74 Å². The molecular weight excluding hydrogens is 336 g/mol. The van der Waals surface area contributed by atoms with Gasteiger partial charge in [-0.25, -0.2) is 13.6 Å². The molecule has 1 saturated carbocycles. The number of hydrogen-bond donors (Lipinski definition) is 0. The second-order valence-electron chi connectivity index (χ2n) is 9.09. The van der Waals surface area contributed by atoms with Crippen molar-refractivity contribution in [2.75, 3.05) is 6.54 Å². The number of aryl methyl sites for hydroxylation is 1. The summed E-state index contributed by atoms with van der Waals surface area (Å²) in [7, 11) is 0. The zero-order valence-corrected chi connectivity index (χ0v) is 16.1. The first-order valence-electron chi connectivity index (χ1n) is 9.43. The number of likely N-dealkylation sites (tertiary alicyclic amines) is 1. The number of carbonyl (C=O) groups is 1. The Balaban J connectivity index is 1.88. The maximum atomic E-state index is 13.9. The molecule has 2 fully saturated rings. The number of carbonyl (C=O) groups excluding carboxylic acids is 1. The summed E-state index contributed by atoms with van der Waals surface area (Å²) < 4.78 is 33.4. The first-order valence-corrected chi connectivity index (χ1v) is 9.43. The van der Waals surface area contributed by atoms with E-state index in [0.717, 1.165) is 11.1 Å². The monoisotopic (exact) mass is 365 g/mol. The fourth-order valence-electron chi connectivity index (χ4n) is 4.32. The number of halogens is 2. The van der Waals surface area contributed by atoms with Gasteiger partial charge in [0.15, 0.2) is 0 Å². The van der Waals surface area contributed by atoms with Gasteiger partial charge in [-0.1, -0.05) is 29.8 Å². The zero-order chi connectivity index (χ0) is 19.2. The number of amides is 1. The second-order valence-corrected chi connectivity index (χ2v) is 9.09. The smallest absolute Gasteiger partial charge is 0.410 e. The second kappa shape index (κ2) is 6.50. The highest BCUT2D eigenvalue weighted by molar-refractivity contribution is 5.69. The van der Waals surface area contributed by atoms with Gasteiger partial charge in [0.1, 0.15) is 5.60 Å². The molecule has 2 atom stereocenters. The molecule has 2 aliphatic rings. The molecule has 0 bridgehead atoms. The summed E-state index contributed by atoms with van der Waals surface area (Å²) in [6, 6.07) is 7.81. The number of alkyl halides is 2. The lowest BCUT2D eigenvalue weighted by atomic mass is 9.72. The van der Waals surface area contributed by atoms with Crippen molar-refractivity contribution in [3.05, 3.63) is 35.4 Å². The van der Waals surface area contributed by atoms with Crippen LogP contribution in [-0.4, -0.2) is 29.1 Å². The van der Waals surface area contributed by atoms with Crippen molar-refractivity contribution in [3.63, 3.8) is 0 Å². The summed E-state index contributed by atoms with van der Waals surface area (Å²) in [5, 5.41) is 0. The highest BCUT2D eigenvalue weighted by atomic mass is 19.3. The molecule has 1 spiro atoms. The maximum absolute atomic E-state index is 13.9. The van der Waals surface area contributed by atoms with Crippen molar-refractivity contribution < 1.29 is 18.3 Å². The fraction of sp³-hybridized carbons (Fsp3) is 0.667. The van der Waals surface area contributed by atoms with Crippen molar-refractivity contribution in [1.82, 2.24) is 4.90 Å². The van der Waals surface area contributed by atoms with Crippen LogP contribution in [-0.2, 0) is 4.74 Å². The summed E-state index contributed by atoms with van der Waals surface area (Å²) in [5.41, 5.74) is 1.17. The SMILES string of the molecule is Cc1ccc([C@@H]2CC3(CCN2C(=O)OC(C)(C)C)CCC(F)(F)C3)cc1. The van der Waals surface area contributed by atoms with Crippen LogP contribution in [0, 0.1) is 12.3 Å². The Morgan fingerprint density at radius 2 is 1.81 bits per heavy atom. The minimum Gasteiger partial charge on any atom is -0.444 e. The summed E-state index contributed by atoms with van der Waals surface area (Å²) >= 11 is 0. The lowest BCUT2D eigenvalue weighted by Crippen LogP contribution is -2.46. The van der Waals surface area contributed by atoms with E-state index in [1.807, 2.05) is 52.0 Å². The van der Waals surface area contributed by atoms with Crippen LogP contribution in [0.5, 0.6) is 0 Å². The zero-order valence-electron chi connectivity index (χ0n) is 16.1. The number of rotatable bonds is 1. The Kier molecular flexibility index (Phi) is 4.78. The van der Waals surface area contributed by atoms with Gasteiger partial charge in [-0.3, -0.25) is 0 Å². The van der Waals surface area contributed by atoms with Crippen molar-refractivity contribution in [3.8, 4) is 0 Å². The van der Waals surface area contributed by atoms with E-state index in [2.05, 4.69) is 0 Å². The van der Waals surface area contributed by atoms with Gasteiger partial charge in [0.05, 0.1) is 6.04 Å². The van der Waals surface area contributed by atoms with E-state index in [0.29, 0.717) is 25.8 Å². The van der Waals surface area contributed by atoms with Crippen LogP contribution in [0.15, 0.2) is 24.3 Å². The van der Waals surface area contributed by atoms with E-state index in [9.17, 15) is 13.6 Å². The molecule has 3 rings (SSSR count). The van der Waals surface area contributed by atoms with Crippen LogP contribution < -0.4 is 0 Å². The molecule has 0 radical (unpaired) electrons. The summed E-state index contributed by atoms with van der Waals surface area (Å²) in [5.74, 6) is -2.58. The molecule has 1 heterocycles. The molecule has 5 heteroatoms. The Morgan fingerprint density at radius 1 is 1.15 bits per heavy atom. The molecule has 0 N–H and O–H groups in total. The van der Waals surface area contributed by atoms with Gasteiger partial charge in [0.25, 0.3) is 0 Å². The number of nitrogens with zero attached hydrogens (tertiary/aromatic N) is 1. The van der Waals surface area contributed by atoms with Crippen molar-refractivity contribution >= 4 is 6.09 Å². The predicted octanol–water partition coefficient (Wildman–Crippen LogP) is 5.87. The molecule has 26 heavy (non-hydrogen) atoms. The molecule has 1 aliphatic carbocycles. The van der Waals surface area contributed by atoms with E-state index in [1.165, 1.54) is 0 Å². The maximum Gasteiger partial charge on any atom is 0.410 e. The van der Waals surface area contributed by atoms with Crippen molar-refractivity contribution in [2.45, 2.75) is 77.4 Å². The van der Waals surface area contributed by atoms with Gasteiger partial charge in [0.2, 0.25) is 5.92 Å². The molecule has 144 valence electrons. The quantitative estimate of drug-likeness (QED) is 0.623. The van der Waals surface area contributed by atoms with Crippen molar-refractivity contribution in [1.29, 1.82) is 0 Å². The molecule has 1 saturated heterocycles. The van der Waals surface area contributed by atoms with Gasteiger partial charge >= 0.3 is 6.09 Å². The highest BCUT2D eigenvalue weighted by Gasteiger charge is 2.53. The predicted molar refractivity (Wildman–Crippen MR) is 97.3 cm³/mol. The largest absolute Gasteiger partial charge is 0.444 e. The van der Waals surface area contributed by atoms with E-state index >= 15 is 0 Å². The third kappa shape index (κ3) is 4.18. The van der Waals surface area contributed by atoms with E-state index in [-0.39, 0.29) is 30.4 Å². The van der Waals surface area contributed by atoms with Crippen LogP contribution in [0.3, 0.4) is 0 Å². The van der Waals surface area contributed by atoms with Crippen LogP contribution in [0.1, 0.15) is 70.0 Å². The topological polar surface area (TPSA) is 29.5 Å². The van der Waals surface area contributed by atoms with E-state index in [1.54, 1.807) is 4.90 Å². The van der Waals surface area contributed by atoms with Gasteiger partial charge in [-0.15, -0.1) is 0 Å². The average Bonchev–Trinajstić information content (AvgIpc) is 2.81. The molecule has 1 aromatic rings. The normalized spacial score (nSPS) is 28.4. The van der Waals surface area contributed by atoms with Gasteiger partial charge in [0, 0.05) is 19.4 Å². The number of piperidine rings is 1. The number of ether oxygens (including phenoxy) is 1. The average molecular weight is 365 g/mol. The first kappa shape index (κ1) is 19.1. The molecule has 0 aromatic heterocycles. The first-order chi connectivity index (χ1) is 12.0.